The number of carbonyl (C=O) groups excluding carboxylic acids is 2. The second kappa shape index (κ2) is 8.91. The van der Waals surface area contributed by atoms with Crippen LogP contribution in [0, 0.1) is 0 Å². The fraction of sp³-hybridized carbons (Fsp3) is 0.286. The van der Waals surface area contributed by atoms with E-state index in [1.807, 2.05) is 0 Å². The molecule has 1 aliphatic carbocycles. The third kappa shape index (κ3) is 4.47. The molecule has 1 saturated heterocycles. The predicted molar refractivity (Wildman–Crippen MR) is 112 cm³/mol. The summed E-state index contributed by atoms with van der Waals surface area (Å²) in [5, 5.41) is 3.11. The van der Waals surface area contributed by atoms with Crippen LogP contribution >= 0.6 is 11.6 Å². The lowest BCUT2D eigenvalue weighted by atomic mass is 9.98. The van der Waals surface area contributed by atoms with Gasteiger partial charge >= 0.3 is 0 Å². The summed E-state index contributed by atoms with van der Waals surface area (Å²) in [6.45, 7) is 2.13. The lowest BCUT2D eigenvalue weighted by Crippen LogP contribution is -2.40. The smallest absolute Gasteiger partial charge is 0.273 e. The SMILES string of the molecule is NC(=O)c1nc(C2C(Cl)=CC=CC2F)oc1Nc1ccc(C(=O)N2CCOCC2)cc1. The van der Waals surface area contributed by atoms with Gasteiger partial charge in [-0.1, -0.05) is 17.7 Å². The van der Waals surface area contributed by atoms with E-state index in [1.165, 1.54) is 18.2 Å². The molecule has 1 aliphatic heterocycles. The van der Waals surface area contributed by atoms with Gasteiger partial charge in [0.1, 0.15) is 12.1 Å². The number of benzene rings is 1. The maximum absolute atomic E-state index is 14.3. The Morgan fingerprint density at radius 3 is 2.58 bits per heavy atom. The van der Waals surface area contributed by atoms with Crippen LogP contribution in [0.15, 0.2) is 51.9 Å². The number of halogens is 2. The summed E-state index contributed by atoms with van der Waals surface area (Å²) in [4.78, 5) is 30.2. The highest BCUT2D eigenvalue weighted by molar-refractivity contribution is 6.30. The first-order valence-electron chi connectivity index (χ1n) is 9.66. The molecule has 2 atom stereocenters. The Morgan fingerprint density at radius 1 is 1.23 bits per heavy atom. The highest BCUT2D eigenvalue weighted by atomic mass is 35.5. The number of ether oxygens (including phenoxy) is 1. The van der Waals surface area contributed by atoms with Crippen molar-refractivity contribution in [3.05, 3.63) is 64.7 Å². The van der Waals surface area contributed by atoms with Crippen molar-refractivity contribution in [2.24, 2.45) is 5.73 Å². The van der Waals surface area contributed by atoms with Crippen LogP contribution in [0.4, 0.5) is 16.0 Å². The van der Waals surface area contributed by atoms with Gasteiger partial charge in [-0.3, -0.25) is 9.59 Å². The van der Waals surface area contributed by atoms with Crippen LogP contribution in [0.25, 0.3) is 0 Å². The molecule has 1 fully saturated rings. The molecule has 1 aromatic carbocycles. The molecule has 8 nitrogen and oxygen atoms in total. The number of nitrogens with zero attached hydrogens (tertiary/aromatic N) is 2. The first-order valence-corrected chi connectivity index (χ1v) is 10.0. The van der Waals surface area contributed by atoms with Gasteiger partial charge in [0.05, 0.1) is 13.2 Å². The molecule has 10 heteroatoms. The maximum Gasteiger partial charge on any atom is 0.273 e. The first kappa shape index (κ1) is 21.1. The van der Waals surface area contributed by atoms with Crippen molar-refractivity contribution >= 4 is 35.0 Å². The molecule has 0 bridgehead atoms. The lowest BCUT2D eigenvalue weighted by Gasteiger charge is -2.26. The van der Waals surface area contributed by atoms with Gasteiger partial charge in [-0.25, -0.2) is 9.37 Å². The summed E-state index contributed by atoms with van der Waals surface area (Å²) >= 11 is 6.11. The third-order valence-corrected chi connectivity index (χ3v) is 5.36. The van der Waals surface area contributed by atoms with Crippen LogP contribution in [-0.4, -0.2) is 54.2 Å². The van der Waals surface area contributed by atoms with Crippen molar-refractivity contribution in [1.82, 2.24) is 9.88 Å². The first-order chi connectivity index (χ1) is 14.9. The number of primary amides is 1. The van der Waals surface area contributed by atoms with Crippen molar-refractivity contribution in [2.75, 3.05) is 31.6 Å². The number of nitrogens with one attached hydrogen (secondary N) is 1. The molecule has 0 radical (unpaired) electrons. The summed E-state index contributed by atoms with van der Waals surface area (Å²) in [5.74, 6) is -1.97. The van der Waals surface area contributed by atoms with E-state index in [0.29, 0.717) is 37.6 Å². The topological polar surface area (TPSA) is 111 Å². The fourth-order valence-corrected chi connectivity index (χ4v) is 3.66. The number of allylic oxidation sites excluding steroid dienone is 4. The van der Waals surface area contributed by atoms with Gasteiger partial charge in [-0.2, -0.15) is 0 Å². The van der Waals surface area contributed by atoms with Crippen molar-refractivity contribution < 1.29 is 23.1 Å². The van der Waals surface area contributed by atoms with Gasteiger partial charge < -0.3 is 25.1 Å². The summed E-state index contributed by atoms with van der Waals surface area (Å²) < 4.78 is 25.2. The minimum atomic E-state index is -1.45. The summed E-state index contributed by atoms with van der Waals surface area (Å²) in [5.41, 5.74) is 6.29. The Balaban J connectivity index is 1.54. The van der Waals surface area contributed by atoms with Crippen molar-refractivity contribution in [2.45, 2.75) is 12.1 Å². The lowest BCUT2D eigenvalue weighted by molar-refractivity contribution is 0.0303. The number of alkyl halides is 1. The van der Waals surface area contributed by atoms with Gasteiger partial charge in [-0.05, 0) is 36.4 Å². The molecule has 0 saturated carbocycles. The number of amides is 2. The Labute approximate surface area is 182 Å². The zero-order valence-electron chi connectivity index (χ0n) is 16.4. The second-order valence-corrected chi connectivity index (χ2v) is 7.50. The number of hydrogen-bond donors (Lipinski definition) is 2. The fourth-order valence-electron chi connectivity index (χ4n) is 3.37. The standard InChI is InChI=1S/C21H20ClFN4O4/c22-14-2-1-3-15(23)16(14)19-26-17(18(24)28)20(31-19)25-13-6-4-12(5-7-13)21(29)27-8-10-30-11-9-27/h1-7,15-16,25H,8-11H2,(H2,24,28). The Hall–Kier alpha value is -3.17. The zero-order chi connectivity index (χ0) is 22.0. The molecule has 3 N–H and O–H groups in total. The summed E-state index contributed by atoms with van der Waals surface area (Å²) in [6.07, 6.45) is 2.91. The number of carbonyl (C=O) groups is 2. The molecule has 0 spiro atoms. The average Bonchev–Trinajstić information content (AvgIpc) is 3.18. The van der Waals surface area contributed by atoms with Crippen LogP contribution in [0.5, 0.6) is 0 Å². The van der Waals surface area contributed by atoms with Gasteiger partial charge in [-0.15, -0.1) is 0 Å². The quantitative estimate of drug-likeness (QED) is 0.730. The predicted octanol–water partition coefficient (Wildman–Crippen LogP) is 3.10. The highest BCUT2D eigenvalue weighted by Crippen LogP contribution is 2.37. The molecule has 2 unspecified atom stereocenters. The molecule has 162 valence electrons. The van der Waals surface area contributed by atoms with E-state index in [2.05, 4.69) is 10.3 Å². The largest absolute Gasteiger partial charge is 0.423 e. The minimum Gasteiger partial charge on any atom is -0.423 e. The van der Waals surface area contributed by atoms with Crippen molar-refractivity contribution in [1.29, 1.82) is 0 Å². The molecule has 1 aromatic heterocycles. The second-order valence-electron chi connectivity index (χ2n) is 7.06. The molecule has 2 heterocycles. The highest BCUT2D eigenvalue weighted by Gasteiger charge is 2.33. The summed E-state index contributed by atoms with van der Waals surface area (Å²) in [7, 11) is 0. The van der Waals surface area contributed by atoms with Crippen molar-refractivity contribution in [3.8, 4) is 0 Å². The number of aromatic nitrogens is 1. The third-order valence-electron chi connectivity index (χ3n) is 5.00. The molecule has 31 heavy (non-hydrogen) atoms. The van der Waals surface area contributed by atoms with E-state index >= 15 is 0 Å². The normalized spacial score (nSPS) is 21.0. The van der Waals surface area contributed by atoms with Crippen LogP contribution < -0.4 is 11.1 Å². The number of oxazole rings is 1. The van der Waals surface area contributed by atoms with E-state index in [9.17, 15) is 14.0 Å². The van der Waals surface area contributed by atoms with E-state index in [0.717, 1.165) is 0 Å². The van der Waals surface area contributed by atoms with E-state index in [4.69, 9.17) is 26.5 Å². The Morgan fingerprint density at radius 2 is 1.94 bits per heavy atom. The molecular formula is C21H20ClFN4O4. The van der Waals surface area contributed by atoms with Gasteiger partial charge in [0.25, 0.3) is 11.8 Å². The van der Waals surface area contributed by atoms with E-state index < -0.39 is 18.0 Å². The van der Waals surface area contributed by atoms with Crippen molar-refractivity contribution in [3.63, 3.8) is 0 Å². The number of rotatable bonds is 5. The monoisotopic (exact) mass is 446 g/mol. The van der Waals surface area contributed by atoms with Crippen LogP contribution in [0.2, 0.25) is 0 Å². The molecule has 4 rings (SSSR count). The van der Waals surface area contributed by atoms with Gasteiger partial charge in [0.2, 0.25) is 11.8 Å². The van der Waals surface area contributed by atoms with Crippen LogP contribution in [0.1, 0.15) is 32.7 Å². The Bertz CT molecular complexity index is 1040. The number of anilines is 2. The average molecular weight is 447 g/mol. The molecular weight excluding hydrogens is 427 g/mol. The van der Waals surface area contributed by atoms with Gasteiger partial charge in [0.15, 0.2) is 5.69 Å². The zero-order valence-corrected chi connectivity index (χ0v) is 17.1. The number of hydrogen-bond acceptors (Lipinski definition) is 6. The maximum atomic E-state index is 14.3. The van der Waals surface area contributed by atoms with E-state index in [-0.39, 0.29) is 28.4 Å². The minimum absolute atomic E-state index is 0.0269. The Kier molecular flexibility index (Phi) is 6.06. The van der Waals surface area contributed by atoms with E-state index in [1.54, 1.807) is 29.2 Å². The molecule has 2 aromatic rings. The summed E-state index contributed by atoms with van der Waals surface area (Å²) in [6, 6.07) is 6.64. The van der Waals surface area contributed by atoms with Crippen LogP contribution in [0.3, 0.4) is 0 Å². The number of nitrogens with two attached hydrogens (primary N) is 1. The molecule has 2 aliphatic rings. The number of morpholine rings is 1. The van der Waals surface area contributed by atoms with Gasteiger partial charge in [0, 0.05) is 29.4 Å². The van der Waals surface area contributed by atoms with Crippen LogP contribution in [-0.2, 0) is 4.74 Å². The molecule has 2 amide bonds.